The number of carbonyl (C=O) groups is 1. The Morgan fingerprint density at radius 2 is 2.25 bits per heavy atom. The van der Waals surface area contributed by atoms with Crippen molar-refractivity contribution < 1.29 is 14.3 Å². The first-order valence-electron chi connectivity index (χ1n) is 4.83. The van der Waals surface area contributed by atoms with Gasteiger partial charge in [-0.15, -0.1) is 0 Å². The summed E-state index contributed by atoms with van der Waals surface area (Å²) in [6, 6.07) is 0. The van der Waals surface area contributed by atoms with Crippen LogP contribution in [0.4, 0.5) is 0 Å². The molecule has 0 amide bonds. The van der Waals surface area contributed by atoms with Crippen LogP contribution in [0, 0.1) is 6.92 Å². The van der Waals surface area contributed by atoms with E-state index in [1.807, 2.05) is 0 Å². The average Bonchev–Trinajstić information content (AvgIpc) is 2.30. The molecule has 0 atom stereocenters. The number of aromatic nitrogens is 1. The van der Waals surface area contributed by atoms with Gasteiger partial charge >= 0.3 is 0 Å². The highest BCUT2D eigenvalue weighted by molar-refractivity contribution is 6.07. The van der Waals surface area contributed by atoms with E-state index in [4.69, 9.17) is 9.47 Å². The monoisotopic (exact) mass is 221 g/mol. The Balaban J connectivity index is 3.40. The van der Waals surface area contributed by atoms with Crippen molar-refractivity contribution in [3.63, 3.8) is 0 Å². The van der Waals surface area contributed by atoms with E-state index in [9.17, 15) is 4.79 Å². The van der Waals surface area contributed by atoms with Gasteiger partial charge in [-0.3, -0.25) is 9.78 Å². The standard InChI is InChI=1S/C12H15NO3/c1-5-10(14)11-9(7-15-3)6-13-8(2)12(11)16-4/h5-6H,1,7H2,2-4H3. The van der Waals surface area contributed by atoms with Gasteiger partial charge in [0.25, 0.3) is 0 Å². The maximum absolute atomic E-state index is 11.8. The Hall–Kier alpha value is -1.68. The molecule has 0 spiro atoms. The molecule has 0 aliphatic carbocycles. The second-order valence-corrected chi connectivity index (χ2v) is 3.28. The lowest BCUT2D eigenvalue weighted by Gasteiger charge is -2.12. The Morgan fingerprint density at radius 3 is 2.75 bits per heavy atom. The summed E-state index contributed by atoms with van der Waals surface area (Å²) in [7, 11) is 3.08. The number of rotatable bonds is 5. The summed E-state index contributed by atoms with van der Waals surface area (Å²) in [5, 5.41) is 0. The Labute approximate surface area is 94.9 Å². The van der Waals surface area contributed by atoms with Crippen molar-refractivity contribution in [3.05, 3.63) is 35.7 Å². The number of allylic oxidation sites excluding steroid dienone is 1. The summed E-state index contributed by atoms with van der Waals surface area (Å²) >= 11 is 0. The minimum Gasteiger partial charge on any atom is -0.494 e. The predicted molar refractivity (Wildman–Crippen MR) is 60.8 cm³/mol. The van der Waals surface area contributed by atoms with E-state index >= 15 is 0 Å². The molecule has 0 fully saturated rings. The third kappa shape index (κ3) is 2.28. The van der Waals surface area contributed by atoms with Crippen LogP contribution in [-0.4, -0.2) is 25.0 Å². The first-order chi connectivity index (χ1) is 7.65. The number of methoxy groups -OCH3 is 2. The topological polar surface area (TPSA) is 48.4 Å². The molecule has 0 saturated carbocycles. The van der Waals surface area contributed by atoms with Gasteiger partial charge in [0.2, 0.25) is 0 Å². The van der Waals surface area contributed by atoms with E-state index in [1.54, 1.807) is 20.2 Å². The zero-order chi connectivity index (χ0) is 12.1. The van der Waals surface area contributed by atoms with Crippen molar-refractivity contribution in [3.8, 4) is 5.75 Å². The molecule has 16 heavy (non-hydrogen) atoms. The van der Waals surface area contributed by atoms with Crippen molar-refractivity contribution in [2.75, 3.05) is 14.2 Å². The van der Waals surface area contributed by atoms with Crippen LogP contribution in [-0.2, 0) is 11.3 Å². The first-order valence-corrected chi connectivity index (χ1v) is 4.83. The second kappa shape index (κ2) is 5.42. The van der Waals surface area contributed by atoms with E-state index in [2.05, 4.69) is 11.6 Å². The van der Waals surface area contributed by atoms with E-state index in [1.165, 1.54) is 13.2 Å². The van der Waals surface area contributed by atoms with Gasteiger partial charge in [0.1, 0.15) is 0 Å². The van der Waals surface area contributed by atoms with E-state index in [0.29, 0.717) is 29.2 Å². The molecule has 86 valence electrons. The molecule has 4 nitrogen and oxygen atoms in total. The maximum atomic E-state index is 11.8. The molecular weight excluding hydrogens is 206 g/mol. The molecule has 1 aromatic rings. The molecule has 4 heteroatoms. The largest absolute Gasteiger partial charge is 0.494 e. The molecule has 0 aliphatic heterocycles. The fourth-order valence-electron chi connectivity index (χ4n) is 1.51. The number of aryl methyl sites for hydroxylation is 1. The molecule has 0 unspecified atom stereocenters. The number of carbonyl (C=O) groups excluding carboxylic acids is 1. The smallest absolute Gasteiger partial charge is 0.189 e. The summed E-state index contributed by atoms with van der Waals surface area (Å²) in [6.07, 6.45) is 2.88. The van der Waals surface area contributed by atoms with Crippen LogP contribution in [0.5, 0.6) is 5.75 Å². The lowest BCUT2D eigenvalue weighted by molar-refractivity contribution is 0.103. The fraction of sp³-hybridized carbons (Fsp3) is 0.333. The van der Waals surface area contributed by atoms with Gasteiger partial charge in [0, 0.05) is 18.9 Å². The third-order valence-corrected chi connectivity index (χ3v) is 2.23. The number of hydrogen-bond acceptors (Lipinski definition) is 4. The minimum atomic E-state index is -0.186. The van der Waals surface area contributed by atoms with Crippen molar-refractivity contribution in [1.82, 2.24) is 4.98 Å². The molecule has 0 aromatic carbocycles. The van der Waals surface area contributed by atoms with E-state index in [0.717, 1.165) is 0 Å². The van der Waals surface area contributed by atoms with Gasteiger partial charge in [0.15, 0.2) is 11.5 Å². The Kier molecular flexibility index (Phi) is 4.19. The predicted octanol–water partition coefficient (Wildman–Crippen LogP) is 1.91. The summed E-state index contributed by atoms with van der Waals surface area (Å²) in [5.74, 6) is 0.300. The summed E-state index contributed by atoms with van der Waals surface area (Å²) < 4.78 is 10.2. The highest BCUT2D eigenvalue weighted by Crippen LogP contribution is 2.26. The van der Waals surface area contributed by atoms with Crippen LogP contribution in [0.3, 0.4) is 0 Å². The van der Waals surface area contributed by atoms with Crippen molar-refractivity contribution in [1.29, 1.82) is 0 Å². The summed E-state index contributed by atoms with van der Waals surface area (Å²) in [4.78, 5) is 15.9. The summed E-state index contributed by atoms with van der Waals surface area (Å²) in [6.45, 7) is 5.58. The van der Waals surface area contributed by atoms with Crippen molar-refractivity contribution in [2.45, 2.75) is 13.5 Å². The number of ketones is 1. The molecule has 1 heterocycles. The molecule has 1 aromatic heterocycles. The molecule has 0 saturated heterocycles. The number of nitrogens with zero attached hydrogens (tertiary/aromatic N) is 1. The van der Waals surface area contributed by atoms with Crippen LogP contribution >= 0.6 is 0 Å². The maximum Gasteiger partial charge on any atom is 0.189 e. The number of hydrogen-bond donors (Lipinski definition) is 0. The van der Waals surface area contributed by atoms with Gasteiger partial charge in [0.05, 0.1) is 25.0 Å². The zero-order valence-corrected chi connectivity index (χ0v) is 9.74. The molecule has 0 aliphatic rings. The van der Waals surface area contributed by atoms with E-state index < -0.39 is 0 Å². The molecule has 1 rings (SSSR count). The minimum absolute atomic E-state index is 0.186. The summed E-state index contributed by atoms with van der Waals surface area (Å²) in [5.41, 5.74) is 1.86. The van der Waals surface area contributed by atoms with Crippen LogP contribution in [0.1, 0.15) is 21.6 Å². The normalized spacial score (nSPS) is 9.94. The van der Waals surface area contributed by atoms with Gasteiger partial charge in [-0.1, -0.05) is 6.58 Å². The van der Waals surface area contributed by atoms with Crippen molar-refractivity contribution >= 4 is 5.78 Å². The number of pyridine rings is 1. The van der Waals surface area contributed by atoms with Crippen LogP contribution in [0.2, 0.25) is 0 Å². The van der Waals surface area contributed by atoms with Gasteiger partial charge < -0.3 is 9.47 Å². The lowest BCUT2D eigenvalue weighted by atomic mass is 10.0. The lowest BCUT2D eigenvalue weighted by Crippen LogP contribution is -2.08. The van der Waals surface area contributed by atoms with Gasteiger partial charge in [-0.25, -0.2) is 0 Å². The Morgan fingerprint density at radius 1 is 1.56 bits per heavy atom. The fourth-order valence-corrected chi connectivity index (χ4v) is 1.51. The first kappa shape index (κ1) is 12.4. The zero-order valence-electron chi connectivity index (χ0n) is 9.74. The van der Waals surface area contributed by atoms with E-state index in [-0.39, 0.29) is 5.78 Å². The van der Waals surface area contributed by atoms with Gasteiger partial charge in [-0.2, -0.15) is 0 Å². The third-order valence-electron chi connectivity index (χ3n) is 2.23. The average molecular weight is 221 g/mol. The Bertz CT molecular complexity index is 413. The number of ether oxygens (including phenoxy) is 2. The quantitative estimate of drug-likeness (QED) is 0.563. The van der Waals surface area contributed by atoms with Crippen LogP contribution in [0.15, 0.2) is 18.9 Å². The van der Waals surface area contributed by atoms with Crippen LogP contribution in [0.25, 0.3) is 0 Å². The van der Waals surface area contributed by atoms with Crippen LogP contribution < -0.4 is 4.74 Å². The molecular formula is C12H15NO3. The molecule has 0 bridgehead atoms. The second-order valence-electron chi connectivity index (χ2n) is 3.28. The highest BCUT2D eigenvalue weighted by Gasteiger charge is 2.17. The van der Waals surface area contributed by atoms with Crippen molar-refractivity contribution in [2.24, 2.45) is 0 Å². The molecule has 0 radical (unpaired) electrons. The molecule has 0 N–H and O–H groups in total. The SMILES string of the molecule is C=CC(=O)c1c(COC)cnc(C)c1OC. The van der Waals surface area contributed by atoms with Gasteiger partial charge in [-0.05, 0) is 13.0 Å². The highest BCUT2D eigenvalue weighted by atomic mass is 16.5.